The first-order valence-electron chi connectivity index (χ1n) is 6.57. The maximum atomic E-state index is 12.5. The summed E-state index contributed by atoms with van der Waals surface area (Å²) in [5.74, 6) is -0.479. The molecule has 2 atom stereocenters. The minimum absolute atomic E-state index is 0.0803. The van der Waals surface area contributed by atoms with Crippen molar-refractivity contribution >= 4 is 23.5 Å². The lowest BCUT2D eigenvalue weighted by atomic mass is 9.99. The number of hydrogen-bond donors (Lipinski definition) is 0. The van der Waals surface area contributed by atoms with Gasteiger partial charge in [0.15, 0.2) is 0 Å². The van der Waals surface area contributed by atoms with Gasteiger partial charge in [0.25, 0.3) is 5.91 Å². The molecule has 0 spiro atoms. The molecule has 2 rings (SSSR count). The summed E-state index contributed by atoms with van der Waals surface area (Å²) in [5, 5.41) is 0.538. The van der Waals surface area contributed by atoms with Gasteiger partial charge in [0.2, 0.25) is 0 Å². The number of esters is 1. The Kier molecular flexibility index (Phi) is 4.33. The van der Waals surface area contributed by atoms with Gasteiger partial charge in [-0.05, 0) is 30.5 Å². The Bertz CT molecular complexity index is 544. The number of carbonyl (C=O) groups excluding carboxylic acids is 2. The molecule has 4 nitrogen and oxygen atoms in total. The Labute approximate surface area is 123 Å². The number of methoxy groups -OCH3 is 1. The predicted molar refractivity (Wildman–Crippen MR) is 76.8 cm³/mol. The topological polar surface area (TPSA) is 46.6 Å². The van der Waals surface area contributed by atoms with E-state index in [1.807, 2.05) is 19.9 Å². The Morgan fingerprint density at radius 3 is 2.70 bits per heavy atom. The van der Waals surface area contributed by atoms with Gasteiger partial charge in [0, 0.05) is 23.7 Å². The van der Waals surface area contributed by atoms with Crippen molar-refractivity contribution in [2.24, 2.45) is 11.8 Å². The molecule has 0 aromatic heterocycles. The van der Waals surface area contributed by atoms with Crippen LogP contribution < -0.4 is 0 Å². The lowest BCUT2D eigenvalue weighted by Crippen LogP contribution is -2.30. The van der Waals surface area contributed by atoms with Gasteiger partial charge >= 0.3 is 5.97 Å². The molecule has 0 bridgehead atoms. The second-order valence-electron chi connectivity index (χ2n) is 5.28. The van der Waals surface area contributed by atoms with Gasteiger partial charge in [-0.15, -0.1) is 0 Å². The van der Waals surface area contributed by atoms with Crippen LogP contribution in [-0.2, 0) is 9.53 Å². The monoisotopic (exact) mass is 295 g/mol. The third-order valence-electron chi connectivity index (χ3n) is 3.83. The quantitative estimate of drug-likeness (QED) is 0.788. The molecular weight excluding hydrogens is 278 g/mol. The van der Waals surface area contributed by atoms with Crippen molar-refractivity contribution in [3.8, 4) is 0 Å². The van der Waals surface area contributed by atoms with Gasteiger partial charge < -0.3 is 9.64 Å². The van der Waals surface area contributed by atoms with Crippen molar-refractivity contribution in [2.75, 3.05) is 20.2 Å². The number of hydrogen-bond acceptors (Lipinski definition) is 3. The molecule has 5 heteroatoms. The molecule has 0 radical (unpaired) electrons. The summed E-state index contributed by atoms with van der Waals surface area (Å²) in [5.41, 5.74) is 1.48. The van der Waals surface area contributed by atoms with E-state index in [-0.39, 0.29) is 23.7 Å². The van der Waals surface area contributed by atoms with E-state index < -0.39 is 0 Å². The van der Waals surface area contributed by atoms with Gasteiger partial charge in [-0.2, -0.15) is 0 Å². The largest absolute Gasteiger partial charge is 0.469 e. The van der Waals surface area contributed by atoms with Gasteiger partial charge in [0.1, 0.15) is 0 Å². The second kappa shape index (κ2) is 5.83. The summed E-state index contributed by atoms with van der Waals surface area (Å²) in [6, 6.07) is 5.26. The van der Waals surface area contributed by atoms with E-state index in [0.29, 0.717) is 23.7 Å². The van der Waals surface area contributed by atoms with Crippen LogP contribution in [0, 0.1) is 18.8 Å². The van der Waals surface area contributed by atoms with Crippen LogP contribution in [0.25, 0.3) is 0 Å². The summed E-state index contributed by atoms with van der Waals surface area (Å²) in [6.45, 7) is 4.80. The lowest BCUT2D eigenvalue weighted by molar-refractivity contribution is -0.146. The summed E-state index contributed by atoms with van der Waals surface area (Å²) in [7, 11) is 1.38. The van der Waals surface area contributed by atoms with E-state index in [2.05, 4.69) is 0 Å². The highest BCUT2D eigenvalue weighted by molar-refractivity contribution is 6.31. The van der Waals surface area contributed by atoms with E-state index in [1.165, 1.54) is 7.11 Å². The minimum Gasteiger partial charge on any atom is -0.469 e. The van der Waals surface area contributed by atoms with Crippen molar-refractivity contribution < 1.29 is 14.3 Å². The zero-order chi connectivity index (χ0) is 14.9. The first-order chi connectivity index (χ1) is 9.43. The number of nitrogens with zero attached hydrogens (tertiary/aromatic N) is 1. The van der Waals surface area contributed by atoms with Crippen LogP contribution in [-0.4, -0.2) is 37.0 Å². The zero-order valence-corrected chi connectivity index (χ0v) is 12.6. The Hall–Kier alpha value is -1.55. The van der Waals surface area contributed by atoms with Crippen LogP contribution in [0.3, 0.4) is 0 Å². The van der Waals surface area contributed by atoms with Crippen LogP contribution >= 0.6 is 11.6 Å². The molecule has 1 amide bonds. The van der Waals surface area contributed by atoms with E-state index >= 15 is 0 Å². The van der Waals surface area contributed by atoms with Crippen molar-refractivity contribution in [1.29, 1.82) is 0 Å². The molecule has 0 aliphatic carbocycles. The highest BCUT2D eigenvalue weighted by Crippen LogP contribution is 2.27. The molecule has 1 saturated heterocycles. The third kappa shape index (κ3) is 2.80. The summed E-state index contributed by atoms with van der Waals surface area (Å²) >= 11 is 5.95. The fourth-order valence-electron chi connectivity index (χ4n) is 2.59. The molecule has 1 fully saturated rings. The third-order valence-corrected chi connectivity index (χ3v) is 4.07. The number of benzene rings is 1. The average molecular weight is 296 g/mol. The van der Waals surface area contributed by atoms with Gasteiger partial charge in [-0.3, -0.25) is 9.59 Å². The first kappa shape index (κ1) is 14.9. The number of amides is 1. The molecule has 108 valence electrons. The predicted octanol–water partition coefficient (Wildman–Crippen LogP) is 2.53. The Morgan fingerprint density at radius 1 is 1.35 bits per heavy atom. The van der Waals surface area contributed by atoms with Crippen LogP contribution in [0.1, 0.15) is 22.8 Å². The molecule has 1 aromatic rings. The fourth-order valence-corrected chi connectivity index (χ4v) is 2.76. The van der Waals surface area contributed by atoms with Crippen molar-refractivity contribution in [2.45, 2.75) is 13.8 Å². The fraction of sp³-hybridized carbons (Fsp3) is 0.467. The highest BCUT2D eigenvalue weighted by atomic mass is 35.5. The standard InChI is InChI=1S/C15H18ClNO3/c1-9-4-5-11(16)6-12(9)14(18)17-7-10(2)13(8-17)15(19)20-3/h4-6,10,13H,7-8H2,1-3H3. The minimum atomic E-state index is -0.254. The summed E-state index contributed by atoms with van der Waals surface area (Å²) in [6.07, 6.45) is 0. The second-order valence-corrected chi connectivity index (χ2v) is 5.71. The molecule has 0 saturated carbocycles. The molecule has 1 aromatic carbocycles. The Balaban J connectivity index is 2.19. The van der Waals surface area contributed by atoms with E-state index in [4.69, 9.17) is 16.3 Å². The van der Waals surface area contributed by atoms with Gasteiger partial charge in [-0.25, -0.2) is 0 Å². The molecule has 1 aliphatic rings. The van der Waals surface area contributed by atoms with Crippen molar-refractivity contribution in [3.05, 3.63) is 34.3 Å². The highest BCUT2D eigenvalue weighted by Gasteiger charge is 2.38. The normalized spacial score (nSPS) is 21.9. The SMILES string of the molecule is COC(=O)C1CN(C(=O)c2cc(Cl)ccc2C)CC1C. The molecule has 20 heavy (non-hydrogen) atoms. The average Bonchev–Trinajstić information content (AvgIpc) is 2.82. The number of aryl methyl sites for hydroxylation is 1. The van der Waals surface area contributed by atoms with Crippen LogP contribution in [0.5, 0.6) is 0 Å². The number of ether oxygens (including phenoxy) is 1. The molecule has 1 aliphatic heterocycles. The van der Waals surface area contributed by atoms with E-state index in [0.717, 1.165) is 5.56 Å². The van der Waals surface area contributed by atoms with Crippen LogP contribution in [0.15, 0.2) is 18.2 Å². The van der Waals surface area contributed by atoms with Gasteiger partial charge in [-0.1, -0.05) is 24.6 Å². The number of carbonyl (C=O) groups is 2. The van der Waals surface area contributed by atoms with Crippen LogP contribution in [0.4, 0.5) is 0 Å². The van der Waals surface area contributed by atoms with Gasteiger partial charge in [0.05, 0.1) is 13.0 Å². The lowest BCUT2D eigenvalue weighted by Gasteiger charge is -2.17. The summed E-state index contributed by atoms with van der Waals surface area (Å²) in [4.78, 5) is 25.9. The number of likely N-dealkylation sites (tertiary alicyclic amines) is 1. The zero-order valence-electron chi connectivity index (χ0n) is 11.9. The number of rotatable bonds is 2. The molecule has 2 unspecified atom stereocenters. The van der Waals surface area contributed by atoms with E-state index in [9.17, 15) is 9.59 Å². The maximum absolute atomic E-state index is 12.5. The smallest absolute Gasteiger partial charge is 0.310 e. The molecule has 1 heterocycles. The molecular formula is C15H18ClNO3. The first-order valence-corrected chi connectivity index (χ1v) is 6.95. The van der Waals surface area contributed by atoms with Crippen molar-refractivity contribution in [1.82, 2.24) is 4.90 Å². The number of halogens is 1. The maximum Gasteiger partial charge on any atom is 0.310 e. The Morgan fingerprint density at radius 2 is 2.05 bits per heavy atom. The van der Waals surface area contributed by atoms with Crippen molar-refractivity contribution in [3.63, 3.8) is 0 Å². The van der Waals surface area contributed by atoms with Crippen LogP contribution in [0.2, 0.25) is 5.02 Å². The summed E-state index contributed by atoms with van der Waals surface area (Å²) < 4.78 is 4.78. The van der Waals surface area contributed by atoms with E-state index in [1.54, 1.807) is 17.0 Å². The molecule has 0 N–H and O–H groups in total.